The average Bonchev–Trinajstić information content (AvgIpc) is 1.81. The van der Waals surface area contributed by atoms with Crippen molar-refractivity contribution in [2.75, 3.05) is 13.2 Å². The minimum atomic E-state index is -0.476. The summed E-state index contributed by atoms with van der Waals surface area (Å²) in [7, 11) is 0. The van der Waals surface area contributed by atoms with Crippen molar-refractivity contribution in [2.45, 2.75) is 19.4 Å². The second-order valence-corrected chi connectivity index (χ2v) is 2.92. The van der Waals surface area contributed by atoms with Gasteiger partial charge < -0.3 is 16.2 Å². The number of amides is 1. The van der Waals surface area contributed by atoms with Crippen molar-refractivity contribution in [2.24, 2.45) is 5.73 Å². The lowest BCUT2D eigenvalue weighted by molar-refractivity contribution is -0.124. The van der Waals surface area contributed by atoms with E-state index in [1.54, 1.807) is 13.8 Å². The predicted octanol–water partition coefficient (Wildman–Crippen LogP) is -1.17. The van der Waals surface area contributed by atoms with E-state index < -0.39 is 18.1 Å². The van der Waals surface area contributed by atoms with E-state index >= 15 is 0 Å². The smallest absolute Gasteiger partial charge is 0.245 e. The second kappa shape index (κ2) is 3.53. The molecule has 0 aromatic heterocycles. The van der Waals surface area contributed by atoms with Gasteiger partial charge in [0.05, 0.1) is 0 Å². The first-order valence-corrected chi connectivity index (χ1v) is 3.12. The number of nitrogens with two attached hydrogens (primary N) is 1. The zero-order chi connectivity index (χ0) is 8.20. The molecule has 0 aromatic carbocycles. The summed E-state index contributed by atoms with van der Waals surface area (Å²) in [5, 5.41) is 10.7. The van der Waals surface area contributed by atoms with Gasteiger partial charge >= 0.3 is 0 Å². The molecule has 0 radical (unpaired) electrons. The van der Waals surface area contributed by atoms with Crippen molar-refractivity contribution in [3.8, 4) is 0 Å². The van der Waals surface area contributed by atoms with Crippen LogP contribution in [0.1, 0.15) is 13.8 Å². The van der Waals surface area contributed by atoms with Gasteiger partial charge in [-0.25, -0.2) is 0 Å². The van der Waals surface area contributed by atoms with Crippen molar-refractivity contribution in [3.63, 3.8) is 0 Å². The molecule has 4 nitrogen and oxygen atoms in total. The molecule has 10 heavy (non-hydrogen) atoms. The molecule has 1 amide bonds. The molecule has 0 saturated heterocycles. The molecule has 4 heteroatoms. The van der Waals surface area contributed by atoms with Crippen LogP contribution < -0.4 is 11.1 Å². The maximum atomic E-state index is 10.4. The molecule has 0 aliphatic heterocycles. The Kier molecular flexibility index (Phi) is 3.32. The van der Waals surface area contributed by atoms with Crippen molar-refractivity contribution in [1.82, 2.24) is 5.32 Å². The summed E-state index contributed by atoms with van der Waals surface area (Å²) in [6.07, 6.45) is 0. The normalized spacial score (nSPS) is 11.2. The number of carbonyl (C=O) groups is 1. The maximum Gasteiger partial charge on any atom is 0.245 e. The highest BCUT2D eigenvalue weighted by Gasteiger charge is 2.10. The first-order chi connectivity index (χ1) is 4.45. The van der Waals surface area contributed by atoms with E-state index in [4.69, 9.17) is 10.8 Å². The van der Waals surface area contributed by atoms with Crippen LogP contribution in [0.25, 0.3) is 0 Å². The van der Waals surface area contributed by atoms with Crippen LogP contribution in [0, 0.1) is 0 Å². The monoisotopic (exact) mass is 146 g/mol. The number of hydrogen-bond acceptors (Lipinski definition) is 3. The number of nitrogens with one attached hydrogen (secondary N) is 1. The highest BCUT2D eigenvalue weighted by atomic mass is 16.3. The van der Waals surface area contributed by atoms with Crippen LogP contribution in [0.2, 0.25) is 0 Å². The number of aliphatic hydroxyl groups excluding tert-OH is 1. The Morgan fingerprint density at radius 3 is 2.50 bits per heavy atom. The summed E-state index contributed by atoms with van der Waals surface area (Å²) >= 11 is 0. The minimum Gasteiger partial charge on any atom is -0.387 e. The summed E-state index contributed by atoms with van der Waals surface area (Å²) in [6, 6.07) is 0. The standard InChI is InChI=1S/C6H14N2O2/c1-6(2,7)4-8-5(10)3-9/h9H,3-4,7H2,1-2H3,(H,8,10). The molecular formula is C6H14N2O2. The van der Waals surface area contributed by atoms with Crippen LogP contribution >= 0.6 is 0 Å². The van der Waals surface area contributed by atoms with Gasteiger partial charge in [-0.2, -0.15) is 0 Å². The molecule has 0 heterocycles. The van der Waals surface area contributed by atoms with E-state index in [0.29, 0.717) is 6.54 Å². The number of carbonyl (C=O) groups excluding carboxylic acids is 1. The molecule has 0 unspecified atom stereocenters. The number of rotatable bonds is 3. The lowest BCUT2D eigenvalue weighted by Crippen LogP contribution is -2.45. The SMILES string of the molecule is CC(C)(N)CNC(=O)CO. The Labute approximate surface area is 60.4 Å². The third kappa shape index (κ3) is 5.53. The summed E-state index contributed by atoms with van der Waals surface area (Å²) < 4.78 is 0. The number of aliphatic hydroxyl groups is 1. The van der Waals surface area contributed by atoms with Crippen LogP contribution in [-0.4, -0.2) is 29.7 Å². The van der Waals surface area contributed by atoms with Crippen molar-refractivity contribution in [1.29, 1.82) is 0 Å². The maximum absolute atomic E-state index is 10.4. The second-order valence-electron chi connectivity index (χ2n) is 2.92. The topological polar surface area (TPSA) is 75.3 Å². The molecule has 60 valence electrons. The minimum absolute atomic E-state index is 0.381. The Morgan fingerprint density at radius 1 is 1.70 bits per heavy atom. The first kappa shape index (κ1) is 9.39. The van der Waals surface area contributed by atoms with Crippen LogP contribution in [0.15, 0.2) is 0 Å². The van der Waals surface area contributed by atoms with Gasteiger partial charge in [0.1, 0.15) is 6.61 Å². The lowest BCUT2D eigenvalue weighted by atomic mass is 10.1. The van der Waals surface area contributed by atoms with Gasteiger partial charge in [-0.3, -0.25) is 4.79 Å². The van der Waals surface area contributed by atoms with Gasteiger partial charge in [-0.15, -0.1) is 0 Å². The summed E-state index contributed by atoms with van der Waals surface area (Å²) in [5.74, 6) is -0.390. The fourth-order valence-corrected chi connectivity index (χ4v) is 0.382. The van der Waals surface area contributed by atoms with Crippen LogP contribution in [-0.2, 0) is 4.79 Å². The fraction of sp³-hybridized carbons (Fsp3) is 0.833. The van der Waals surface area contributed by atoms with E-state index in [1.807, 2.05) is 0 Å². The van der Waals surface area contributed by atoms with E-state index in [9.17, 15) is 4.79 Å². The van der Waals surface area contributed by atoms with Gasteiger partial charge in [0.2, 0.25) is 5.91 Å². The van der Waals surface area contributed by atoms with E-state index in [1.165, 1.54) is 0 Å². The zero-order valence-corrected chi connectivity index (χ0v) is 6.35. The van der Waals surface area contributed by atoms with Crippen LogP contribution in [0.5, 0.6) is 0 Å². The van der Waals surface area contributed by atoms with Gasteiger partial charge in [0, 0.05) is 12.1 Å². The van der Waals surface area contributed by atoms with Crippen molar-refractivity contribution < 1.29 is 9.90 Å². The first-order valence-electron chi connectivity index (χ1n) is 3.12. The highest BCUT2D eigenvalue weighted by molar-refractivity contribution is 5.76. The molecule has 0 aromatic rings. The van der Waals surface area contributed by atoms with Gasteiger partial charge in [-0.1, -0.05) is 0 Å². The van der Waals surface area contributed by atoms with E-state index in [-0.39, 0.29) is 0 Å². The molecule has 0 rings (SSSR count). The van der Waals surface area contributed by atoms with Crippen molar-refractivity contribution in [3.05, 3.63) is 0 Å². The summed E-state index contributed by atoms with van der Waals surface area (Å²) in [6.45, 7) is 3.50. The Hall–Kier alpha value is -0.610. The van der Waals surface area contributed by atoms with Crippen LogP contribution in [0.3, 0.4) is 0 Å². The van der Waals surface area contributed by atoms with Gasteiger partial charge in [0.15, 0.2) is 0 Å². The summed E-state index contributed by atoms with van der Waals surface area (Å²) in [5.41, 5.74) is 5.13. The van der Waals surface area contributed by atoms with E-state index in [2.05, 4.69) is 5.32 Å². The molecule has 0 saturated carbocycles. The molecule has 4 N–H and O–H groups in total. The molecule has 0 bridgehead atoms. The largest absolute Gasteiger partial charge is 0.387 e. The van der Waals surface area contributed by atoms with Gasteiger partial charge in [-0.05, 0) is 13.8 Å². The Balaban J connectivity index is 3.46. The van der Waals surface area contributed by atoms with Gasteiger partial charge in [0.25, 0.3) is 0 Å². The molecule has 0 aliphatic carbocycles. The lowest BCUT2D eigenvalue weighted by Gasteiger charge is -2.18. The average molecular weight is 146 g/mol. The Morgan fingerprint density at radius 2 is 2.20 bits per heavy atom. The highest BCUT2D eigenvalue weighted by Crippen LogP contribution is 1.91. The van der Waals surface area contributed by atoms with Crippen LogP contribution in [0.4, 0.5) is 0 Å². The van der Waals surface area contributed by atoms with E-state index in [0.717, 1.165) is 0 Å². The molecule has 0 fully saturated rings. The number of hydrogen-bond donors (Lipinski definition) is 3. The molecule has 0 spiro atoms. The molecular weight excluding hydrogens is 132 g/mol. The van der Waals surface area contributed by atoms with Crippen molar-refractivity contribution >= 4 is 5.91 Å². The quantitative estimate of drug-likeness (QED) is 0.469. The third-order valence-corrected chi connectivity index (χ3v) is 0.885. The third-order valence-electron chi connectivity index (χ3n) is 0.885. The zero-order valence-electron chi connectivity index (χ0n) is 6.35. The predicted molar refractivity (Wildman–Crippen MR) is 38.4 cm³/mol. The molecule has 0 atom stereocenters. The Bertz CT molecular complexity index is 117. The molecule has 0 aliphatic rings. The summed E-state index contributed by atoms with van der Waals surface area (Å²) in [4.78, 5) is 10.4. The fourth-order valence-electron chi connectivity index (χ4n) is 0.382.